The van der Waals surface area contributed by atoms with E-state index < -0.39 is 0 Å². The Balaban J connectivity index is 2.73. The summed E-state index contributed by atoms with van der Waals surface area (Å²) in [6.07, 6.45) is 5.02. The van der Waals surface area contributed by atoms with Gasteiger partial charge >= 0.3 is 5.97 Å². The number of rotatable bonds is 9. The van der Waals surface area contributed by atoms with Gasteiger partial charge in [-0.25, -0.2) is 4.79 Å². The molecule has 4 heteroatoms. The maximum absolute atomic E-state index is 11.5. The summed E-state index contributed by atoms with van der Waals surface area (Å²) in [6.45, 7) is 7.53. The second-order valence-electron chi connectivity index (χ2n) is 4.46. The maximum atomic E-state index is 11.5. The van der Waals surface area contributed by atoms with Crippen LogP contribution >= 0.6 is 0 Å². The topological polar surface area (TPSA) is 44.8 Å². The van der Waals surface area contributed by atoms with Crippen LogP contribution in [0, 0.1) is 0 Å². The SMILES string of the molecule is CCCCOC(=O)C=Cc1cc(OCC)cc(OCC)c1. The third-order valence-electron chi connectivity index (χ3n) is 2.68. The van der Waals surface area contributed by atoms with Crippen LogP contribution in [0.5, 0.6) is 11.5 Å². The van der Waals surface area contributed by atoms with Gasteiger partial charge in [-0.2, -0.15) is 0 Å². The van der Waals surface area contributed by atoms with Crippen LogP contribution in [0.4, 0.5) is 0 Å². The number of benzene rings is 1. The highest BCUT2D eigenvalue weighted by Gasteiger charge is 2.02. The van der Waals surface area contributed by atoms with E-state index in [4.69, 9.17) is 14.2 Å². The molecule has 0 aliphatic rings. The number of esters is 1. The molecule has 1 rings (SSSR count). The molecule has 1 aromatic carbocycles. The Labute approximate surface area is 126 Å². The Kier molecular flexibility index (Phi) is 8.02. The molecular formula is C17H24O4. The number of hydrogen-bond acceptors (Lipinski definition) is 4. The zero-order valence-corrected chi connectivity index (χ0v) is 13.1. The molecule has 0 unspecified atom stereocenters. The summed E-state index contributed by atoms with van der Waals surface area (Å²) in [5, 5.41) is 0. The monoisotopic (exact) mass is 292 g/mol. The summed E-state index contributed by atoms with van der Waals surface area (Å²) < 4.78 is 16.1. The van der Waals surface area contributed by atoms with Crippen molar-refractivity contribution in [1.29, 1.82) is 0 Å². The molecular weight excluding hydrogens is 268 g/mol. The number of carbonyl (C=O) groups excluding carboxylic acids is 1. The molecule has 0 amide bonds. The minimum Gasteiger partial charge on any atom is -0.494 e. The van der Waals surface area contributed by atoms with Crippen molar-refractivity contribution in [2.75, 3.05) is 19.8 Å². The lowest BCUT2D eigenvalue weighted by molar-refractivity contribution is -0.137. The molecule has 0 aliphatic heterocycles. The smallest absolute Gasteiger partial charge is 0.330 e. The lowest BCUT2D eigenvalue weighted by Crippen LogP contribution is -2.01. The fourth-order valence-corrected chi connectivity index (χ4v) is 1.72. The van der Waals surface area contributed by atoms with Crippen molar-refractivity contribution < 1.29 is 19.0 Å². The minimum atomic E-state index is -0.330. The average molecular weight is 292 g/mol. The van der Waals surface area contributed by atoms with Gasteiger partial charge < -0.3 is 14.2 Å². The molecule has 0 atom stereocenters. The number of hydrogen-bond donors (Lipinski definition) is 0. The molecule has 0 radical (unpaired) electrons. The van der Waals surface area contributed by atoms with E-state index >= 15 is 0 Å². The van der Waals surface area contributed by atoms with Crippen LogP contribution in [0.25, 0.3) is 6.08 Å². The van der Waals surface area contributed by atoms with Crippen molar-refractivity contribution in [2.45, 2.75) is 33.6 Å². The van der Waals surface area contributed by atoms with Gasteiger partial charge in [-0.05, 0) is 44.0 Å². The normalized spacial score (nSPS) is 10.6. The summed E-state index contributed by atoms with van der Waals surface area (Å²) in [4.78, 5) is 11.5. The van der Waals surface area contributed by atoms with Crippen molar-refractivity contribution >= 4 is 12.0 Å². The summed E-state index contributed by atoms with van der Waals surface area (Å²) in [7, 11) is 0. The van der Waals surface area contributed by atoms with E-state index in [9.17, 15) is 4.79 Å². The van der Waals surface area contributed by atoms with E-state index in [1.54, 1.807) is 6.08 Å². The van der Waals surface area contributed by atoms with Crippen LogP contribution in [-0.4, -0.2) is 25.8 Å². The van der Waals surface area contributed by atoms with E-state index in [0.717, 1.165) is 29.9 Å². The van der Waals surface area contributed by atoms with Crippen LogP contribution in [-0.2, 0) is 9.53 Å². The molecule has 0 fully saturated rings. The van der Waals surface area contributed by atoms with Gasteiger partial charge in [0, 0.05) is 12.1 Å². The standard InChI is InChI=1S/C17H24O4/c1-4-7-10-21-17(18)9-8-14-11-15(19-5-2)13-16(12-14)20-6-3/h8-9,11-13H,4-7,10H2,1-3H3. The van der Waals surface area contributed by atoms with Gasteiger partial charge in [0.15, 0.2) is 0 Å². The molecule has 0 N–H and O–H groups in total. The third-order valence-corrected chi connectivity index (χ3v) is 2.68. The third kappa shape index (κ3) is 6.84. The van der Waals surface area contributed by atoms with Gasteiger partial charge in [0.2, 0.25) is 0 Å². The number of ether oxygens (including phenoxy) is 3. The summed E-state index contributed by atoms with van der Waals surface area (Å²) >= 11 is 0. The van der Waals surface area contributed by atoms with Crippen LogP contribution in [0.3, 0.4) is 0 Å². The van der Waals surface area contributed by atoms with E-state index in [1.807, 2.05) is 32.0 Å². The van der Waals surface area contributed by atoms with Crippen molar-refractivity contribution in [3.63, 3.8) is 0 Å². The first kappa shape index (κ1) is 17.1. The quantitative estimate of drug-likeness (QED) is 0.394. The van der Waals surface area contributed by atoms with Gasteiger partial charge in [-0.3, -0.25) is 0 Å². The Hall–Kier alpha value is -1.97. The van der Waals surface area contributed by atoms with Crippen molar-refractivity contribution in [3.05, 3.63) is 29.8 Å². The first-order valence-electron chi connectivity index (χ1n) is 7.45. The van der Waals surface area contributed by atoms with Crippen molar-refractivity contribution in [1.82, 2.24) is 0 Å². The lowest BCUT2D eigenvalue weighted by Gasteiger charge is -2.09. The van der Waals surface area contributed by atoms with Crippen molar-refractivity contribution in [2.24, 2.45) is 0 Å². The Morgan fingerprint density at radius 3 is 2.19 bits per heavy atom. The first-order valence-corrected chi connectivity index (χ1v) is 7.45. The lowest BCUT2D eigenvalue weighted by atomic mass is 10.2. The molecule has 0 aliphatic carbocycles. The van der Waals surface area contributed by atoms with E-state index in [-0.39, 0.29) is 5.97 Å². The Bertz CT molecular complexity index is 442. The average Bonchev–Trinajstić information content (AvgIpc) is 2.46. The predicted molar refractivity (Wildman–Crippen MR) is 83.7 cm³/mol. The zero-order chi connectivity index (χ0) is 15.5. The summed E-state index contributed by atoms with van der Waals surface area (Å²) in [6, 6.07) is 5.56. The summed E-state index contributed by atoms with van der Waals surface area (Å²) in [5.41, 5.74) is 0.844. The van der Waals surface area contributed by atoms with Gasteiger partial charge in [0.25, 0.3) is 0 Å². The molecule has 0 spiro atoms. The molecule has 21 heavy (non-hydrogen) atoms. The largest absolute Gasteiger partial charge is 0.494 e. The van der Waals surface area contributed by atoms with Crippen LogP contribution < -0.4 is 9.47 Å². The number of carbonyl (C=O) groups is 1. The molecule has 0 heterocycles. The number of unbranched alkanes of at least 4 members (excludes halogenated alkanes) is 1. The van der Waals surface area contributed by atoms with Crippen molar-refractivity contribution in [3.8, 4) is 11.5 Å². The molecule has 0 saturated carbocycles. The second-order valence-corrected chi connectivity index (χ2v) is 4.46. The fraction of sp³-hybridized carbons (Fsp3) is 0.471. The van der Waals surface area contributed by atoms with Crippen LogP contribution in [0.1, 0.15) is 39.2 Å². The van der Waals surface area contributed by atoms with Gasteiger partial charge in [0.05, 0.1) is 19.8 Å². The van der Waals surface area contributed by atoms with E-state index in [0.29, 0.717) is 19.8 Å². The first-order chi connectivity index (χ1) is 10.2. The van der Waals surface area contributed by atoms with E-state index in [1.165, 1.54) is 6.08 Å². The maximum Gasteiger partial charge on any atom is 0.330 e. The van der Waals surface area contributed by atoms with E-state index in [2.05, 4.69) is 6.92 Å². The van der Waals surface area contributed by atoms with Crippen LogP contribution in [0.2, 0.25) is 0 Å². The highest BCUT2D eigenvalue weighted by atomic mass is 16.5. The summed E-state index contributed by atoms with van der Waals surface area (Å²) in [5.74, 6) is 1.12. The minimum absolute atomic E-state index is 0.330. The Morgan fingerprint density at radius 1 is 1.05 bits per heavy atom. The molecule has 116 valence electrons. The molecule has 4 nitrogen and oxygen atoms in total. The van der Waals surface area contributed by atoms with Crippen LogP contribution in [0.15, 0.2) is 24.3 Å². The molecule has 0 saturated heterocycles. The molecule has 1 aromatic rings. The zero-order valence-electron chi connectivity index (χ0n) is 13.1. The predicted octanol–water partition coefficient (Wildman–Crippen LogP) is 3.84. The van der Waals surface area contributed by atoms with Gasteiger partial charge in [-0.15, -0.1) is 0 Å². The highest BCUT2D eigenvalue weighted by molar-refractivity contribution is 5.87. The molecule has 0 bridgehead atoms. The Morgan fingerprint density at radius 2 is 1.67 bits per heavy atom. The van der Waals surface area contributed by atoms with Gasteiger partial charge in [0.1, 0.15) is 11.5 Å². The van der Waals surface area contributed by atoms with Gasteiger partial charge in [-0.1, -0.05) is 13.3 Å². The second kappa shape index (κ2) is 9.86. The molecule has 0 aromatic heterocycles. The highest BCUT2D eigenvalue weighted by Crippen LogP contribution is 2.24. The fourth-order valence-electron chi connectivity index (χ4n) is 1.72.